The standard InChI is InChI=1S/C23H23N5O4S2/c1-2-32-16-7-4-3-6-15(16)24-18(29)14-28-21-20(19(25-22(28)30)17-8-5-13-33-17)26-23(34-21)27-9-11-31-12-10-27/h3-8,13H,2,9-12,14H2,1H3,(H,24,29). The lowest BCUT2D eigenvalue weighted by Gasteiger charge is -2.25. The number of aromatic nitrogens is 3. The Hall–Kier alpha value is -3.28. The second kappa shape index (κ2) is 9.92. The first kappa shape index (κ1) is 22.5. The number of hydrogen-bond donors (Lipinski definition) is 1. The molecule has 5 rings (SSSR count). The van der Waals surface area contributed by atoms with Crippen molar-refractivity contribution in [2.45, 2.75) is 13.5 Å². The van der Waals surface area contributed by atoms with Gasteiger partial charge in [-0.2, -0.15) is 4.98 Å². The van der Waals surface area contributed by atoms with Gasteiger partial charge in [0.05, 0.1) is 30.4 Å². The largest absolute Gasteiger partial charge is 0.492 e. The highest BCUT2D eigenvalue weighted by atomic mass is 32.1. The Bertz CT molecular complexity index is 1360. The van der Waals surface area contributed by atoms with Crippen LogP contribution >= 0.6 is 22.7 Å². The van der Waals surface area contributed by atoms with Gasteiger partial charge in [0.1, 0.15) is 28.3 Å². The van der Waals surface area contributed by atoms with E-state index in [1.54, 1.807) is 12.1 Å². The van der Waals surface area contributed by atoms with Crippen LogP contribution in [0.25, 0.3) is 20.9 Å². The summed E-state index contributed by atoms with van der Waals surface area (Å²) in [4.78, 5) is 38.8. The van der Waals surface area contributed by atoms with E-state index in [-0.39, 0.29) is 12.5 Å². The number of morpholine rings is 1. The number of para-hydroxylation sites is 2. The molecule has 1 aromatic carbocycles. The van der Waals surface area contributed by atoms with Crippen LogP contribution in [0.1, 0.15) is 6.92 Å². The smallest absolute Gasteiger partial charge is 0.349 e. The van der Waals surface area contributed by atoms with Gasteiger partial charge in [-0.15, -0.1) is 11.3 Å². The quantitative estimate of drug-likeness (QED) is 0.418. The summed E-state index contributed by atoms with van der Waals surface area (Å²) in [6.07, 6.45) is 0. The maximum absolute atomic E-state index is 13.1. The van der Waals surface area contributed by atoms with Crippen LogP contribution in [0.3, 0.4) is 0 Å². The van der Waals surface area contributed by atoms with Gasteiger partial charge in [0.2, 0.25) is 5.91 Å². The SMILES string of the molecule is CCOc1ccccc1NC(=O)Cn1c(=O)nc(-c2cccs2)c2nc(N3CCOCC3)sc21. The first-order chi connectivity index (χ1) is 16.6. The first-order valence-electron chi connectivity index (χ1n) is 10.9. The van der Waals surface area contributed by atoms with E-state index in [0.29, 0.717) is 47.3 Å². The zero-order valence-corrected chi connectivity index (χ0v) is 20.2. The van der Waals surface area contributed by atoms with Crippen LogP contribution in [0.4, 0.5) is 10.8 Å². The maximum Gasteiger partial charge on any atom is 0.349 e. The summed E-state index contributed by atoms with van der Waals surface area (Å²) in [7, 11) is 0. The summed E-state index contributed by atoms with van der Waals surface area (Å²) in [5.74, 6) is 0.233. The van der Waals surface area contributed by atoms with Gasteiger partial charge in [-0.05, 0) is 30.5 Å². The number of ether oxygens (including phenoxy) is 2. The molecular formula is C23H23N5O4S2. The van der Waals surface area contributed by atoms with Crippen molar-refractivity contribution in [3.63, 3.8) is 0 Å². The van der Waals surface area contributed by atoms with Crippen LogP contribution in [0.5, 0.6) is 5.75 Å². The molecule has 4 aromatic rings. The molecule has 34 heavy (non-hydrogen) atoms. The van der Waals surface area contributed by atoms with Crippen LogP contribution in [-0.2, 0) is 16.1 Å². The van der Waals surface area contributed by atoms with Gasteiger partial charge < -0.3 is 19.7 Å². The lowest BCUT2D eigenvalue weighted by molar-refractivity contribution is -0.116. The molecule has 0 spiro atoms. The molecule has 11 heteroatoms. The van der Waals surface area contributed by atoms with Crippen LogP contribution in [0, 0.1) is 0 Å². The summed E-state index contributed by atoms with van der Waals surface area (Å²) < 4.78 is 12.5. The summed E-state index contributed by atoms with van der Waals surface area (Å²) in [5, 5.41) is 5.58. The highest BCUT2D eigenvalue weighted by molar-refractivity contribution is 7.22. The Morgan fingerprint density at radius 3 is 2.76 bits per heavy atom. The van der Waals surface area contributed by atoms with Crippen LogP contribution in [-0.4, -0.2) is 53.4 Å². The molecule has 4 heterocycles. The fourth-order valence-electron chi connectivity index (χ4n) is 3.73. The number of anilines is 2. The Labute approximate surface area is 203 Å². The van der Waals surface area contributed by atoms with E-state index in [4.69, 9.17) is 14.5 Å². The molecule has 1 aliphatic heterocycles. The molecule has 1 amide bonds. The molecule has 0 aliphatic carbocycles. The van der Waals surface area contributed by atoms with Crippen molar-refractivity contribution in [3.05, 3.63) is 52.3 Å². The van der Waals surface area contributed by atoms with Gasteiger partial charge >= 0.3 is 5.69 Å². The zero-order valence-electron chi connectivity index (χ0n) is 18.5. The third kappa shape index (κ3) is 4.54. The van der Waals surface area contributed by atoms with E-state index in [1.807, 2.05) is 36.6 Å². The Balaban J connectivity index is 1.52. The van der Waals surface area contributed by atoms with Gasteiger partial charge in [-0.25, -0.2) is 9.78 Å². The highest BCUT2D eigenvalue weighted by Crippen LogP contribution is 2.35. The lowest BCUT2D eigenvalue weighted by atomic mass is 10.3. The number of hydrogen-bond acceptors (Lipinski definition) is 9. The Morgan fingerprint density at radius 1 is 1.18 bits per heavy atom. The molecule has 1 fully saturated rings. The summed E-state index contributed by atoms with van der Waals surface area (Å²) in [5.41, 5.74) is 1.24. The number of nitrogens with zero attached hydrogens (tertiary/aromatic N) is 4. The average molecular weight is 498 g/mol. The molecule has 0 saturated carbocycles. The van der Waals surface area contributed by atoms with Gasteiger partial charge in [0, 0.05) is 13.1 Å². The fourth-order valence-corrected chi connectivity index (χ4v) is 5.56. The topological polar surface area (TPSA) is 98.6 Å². The minimum Gasteiger partial charge on any atom is -0.492 e. The third-order valence-electron chi connectivity index (χ3n) is 5.30. The van der Waals surface area contributed by atoms with Gasteiger partial charge in [0.15, 0.2) is 5.13 Å². The van der Waals surface area contributed by atoms with Crippen LogP contribution in [0.2, 0.25) is 0 Å². The van der Waals surface area contributed by atoms with Gasteiger partial charge in [0.25, 0.3) is 0 Å². The number of thiazole rings is 1. The lowest BCUT2D eigenvalue weighted by Crippen LogP contribution is -2.36. The molecule has 0 radical (unpaired) electrons. The zero-order chi connectivity index (χ0) is 23.5. The molecule has 3 aromatic heterocycles. The first-order valence-corrected chi connectivity index (χ1v) is 12.6. The van der Waals surface area contributed by atoms with Crippen molar-refractivity contribution in [2.75, 3.05) is 43.1 Å². The number of nitrogens with one attached hydrogen (secondary N) is 1. The second-order valence-electron chi connectivity index (χ2n) is 7.53. The molecule has 176 valence electrons. The van der Waals surface area contributed by atoms with E-state index in [2.05, 4.69) is 15.2 Å². The normalized spacial score (nSPS) is 13.9. The molecule has 0 atom stereocenters. The van der Waals surface area contributed by atoms with E-state index in [1.165, 1.54) is 27.2 Å². The van der Waals surface area contributed by atoms with Crippen molar-refractivity contribution in [1.29, 1.82) is 0 Å². The number of benzene rings is 1. The molecule has 1 saturated heterocycles. The highest BCUT2D eigenvalue weighted by Gasteiger charge is 2.23. The third-order valence-corrected chi connectivity index (χ3v) is 7.32. The average Bonchev–Trinajstić information content (AvgIpc) is 3.54. The van der Waals surface area contributed by atoms with Crippen molar-refractivity contribution < 1.29 is 14.3 Å². The van der Waals surface area contributed by atoms with Crippen molar-refractivity contribution in [3.8, 4) is 16.3 Å². The van der Waals surface area contributed by atoms with Crippen molar-refractivity contribution in [1.82, 2.24) is 14.5 Å². The van der Waals surface area contributed by atoms with E-state index in [9.17, 15) is 9.59 Å². The molecular weight excluding hydrogens is 474 g/mol. The van der Waals surface area contributed by atoms with Gasteiger partial charge in [-0.3, -0.25) is 9.36 Å². The molecule has 0 unspecified atom stereocenters. The number of rotatable bonds is 7. The summed E-state index contributed by atoms with van der Waals surface area (Å²) in [6, 6.07) is 11.0. The number of carbonyl (C=O) groups is 1. The number of amides is 1. The summed E-state index contributed by atoms with van der Waals surface area (Å²) in [6.45, 7) is 4.87. The predicted molar refractivity (Wildman–Crippen MR) is 134 cm³/mol. The minimum absolute atomic E-state index is 0.182. The van der Waals surface area contributed by atoms with Crippen molar-refractivity contribution >= 4 is 49.7 Å². The second-order valence-corrected chi connectivity index (χ2v) is 9.44. The Morgan fingerprint density at radius 2 is 2.00 bits per heavy atom. The Kier molecular flexibility index (Phi) is 6.57. The van der Waals surface area contributed by atoms with E-state index in [0.717, 1.165) is 23.1 Å². The molecule has 0 bridgehead atoms. The minimum atomic E-state index is -0.485. The number of fused-ring (bicyclic) bond motifs is 1. The van der Waals surface area contributed by atoms with Gasteiger partial charge in [-0.1, -0.05) is 29.5 Å². The molecule has 9 nitrogen and oxygen atoms in total. The van der Waals surface area contributed by atoms with E-state index < -0.39 is 5.69 Å². The molecule has 1 N–H and O–H groups in total. The van der Waals surface area contributed by atoms with E-state index >= 15 is 0 Å². The predicted octanol–water partition coefficient (Wildman–Crippen LogP) is 3.46. The molecule has 1 aliphatic rings. The summed E-state index contributed by atoms with van der Waals surface area (Å²) >= 11 is 2.90. The fraction of sp³-hybridized carbons (Fsp3) is 0.304. The number of carbonyl (C=O) groups excluding carboxylic acids is 1. The number of thiophene rings is 1. The van der Waals surface area contributed by atoms with Crippen molar-refractivity contribution in [2.24, 2.45) is 0 Å². The maximum atomic E-state index is 13.1. The monoisotopic (exact) mass is 497 g/mol. The van der Waals surface area contributed by atoms with Crippen LogP contribution < -0.4 is 20.6 Å². The van der Waals surface area contributed by atoms with Crippen LogP contribution in [0.15, 0.2) is 46.6 Å².